The van der Waals surface area contributed by atoms with Crippen molar-refractivity contribution in [2.24, 2.45) is 0 Å². The van der Waals surface area contributed by atoms with E-state index in [2.05, 4.69) is 85.6 Å². The van der Waals surface area contributed by atoms with Gasteiger partial charge < -0.3 is 10.4 Å². The number of carboxylic acids is 1. The van der Waals surface area contributed by atoms with Crippen LogP contribution in [0.4, 0.5) is 0 Å². The molecule has 166 valence electrons. The predicted molar refractivity (Wildman–Crippen MR) is 131 cm³/mol. The molecule has 0 aromatic carbocycles. The SMILES string of the molecule is CC/C=C\C/C=C\C/C=C\C/C=C\C/C=C\C/C=C\CCC(=O)NC(CS)C(=O)O. The molecule has 0 aromatic heterocycles. The molecule has 0 aromatic rings. The number of hydrogen-bond acceptors (Lipinski definition) is 3. The van der Waals surface area contributed by atoms with E-state index in [0.29, 0.717) is 6.42 Å². The maximum atomic E-state index is 11.6. The van der Waals surface area contributed by atoms with Gasteiger partial charge in [-0.3, -0.25) is 4.79 Å². The van der Waals surface area contributed by atoms with Gasteiger partial charge in [0.25, 0.3) is 0 Å². The van der Waals surface area contributed by atoms with Crippen LogP contribution in [0.3, 0.4) is 0 Å². The van der Waals surface area contributed by atoms with Crippen LogP contribution in [0, 0.1) is 0 Å². The Morgan fingerprint density at radius 2 is 1.17 bits per heavy atom. The fourth-order valence-corrected chi connectivity index (χ4v) is 2.55. The molecule has 0 rings (SSSR count). The van der Waals surface area contributed by atoms with Gasteiger partial charge in [-0.15, -0.1) is 0 Å². The van der Waals surface area contributed by atoms with Crippen LogP contribution in [-0.4, -0.2) is 28.8 Å². The number of carbonyl (C=O) groups excluding carboxylic acids is 1. The van der Waals surface area contributed by atoms with Crippen molar-refractivity contribution in [3.05, 3.63) is 72.9 Å². The first kappa shape index (κ1) is 27.7. The van der Waals surface area contributed by atoms with Crippen molar-refractivity contribution in [3.63, 3.8) is 0 Å². The lowest BCUT2D eigenvalue weighted by molar-refractivity contribution is -0.141. The Hall–Kier alpha value is -2.27. The summed E-state index contributed by atoms with van der Waals surface area (Å²) in [5.41, 5.74) is 0. The smallest absolute Gasteiger partial charge is 0.327 e. The van der Waals surface area contributed by atoms with E-state index in [1.807, 2.05) is 12.2 Å². The van der Waals surface area contributed by atoms with E-state index in [1.165, 1.54) is 0 Å². The summed E-state index contributed by atoms with van der Waals surface area (Å²) < 4.78 is 0. The van der Waals surface area contributed by atoms with E-state index >= 15 is 0 Å². The van der Waals surface area contributed by atoms with Crippen LogP contribution < -0.4 is 5.32 Å². The highest BCUT2D eigenvalue weighted by Crippen LogP contribution is 1.98. The molecule has 0 aliphatic rings. The number of rotatable bonds is 17. The third kappa shape index (κ3) is 19.1. The van der Waals surface area contributed by atoms with E-state index in [9.17, 15) is 9.59 Å². The third-order valence-electron chi connectivity index (χ3n) is 3.95. The average molecular weight is 432 g/mol. The van der Waals surface area contributed by atoms with Crippen LogP contribution in [0.1, 0.15) is 58.3 Å². The van der Waals surface area contributed by atoms with Crippen molar-refractivity contribution in [3.8, 4) is 0 Å². The fourth-order valence-electron chi connectivity index (χ4n) is 2.31. The molecule has 1 amide bonds. The van der Waals surface area contributed by atoms with Gasteiger partial charge in [0.15, 0.2) is 0 Å². The summed E-state index contributed by atoms with van der Waals surface area (Å²) in [5, 5.41) is 11.3. The second-order valence-corrected chi connectivity index (χ2v) is 6.96. The van der Waals surface area contributed by atoms with Gasteiger partial charge in [0.05, 0.1) is 0 Å². The molecule has 0 saturated carbocycles. The van der Waals surface area contributed by atoms with Gasteiger partial charge >= 0.3 is 5.97 Å². The minimum absolute atomic E-state index is 0.0843. The lowest BCUT2D eigenvalue weighted by Crippen LogP contribution is -2.41. The first-order valence-corrected chi connectivity index (χ1v) is 11.3. The highest BCUT2D eigenvalue weighted by Gasteiger charge is 2.17. The monoisotopic (exact) mass is 431 g/mol. The summed E-state index contributed by atoms with van der Waals surface area (Å²) in [7, 11) is 0. The summed E-state index contributed by atoms with van der Waals surface area (Å²) in [6.45, 7) is 2.14. The van der Waals surface area contributed by atoms with Gasteiger partial charge in [-0.1, -0.05) is 79.8 Å². The quantitative estimate of drug-likeness (QED) is 0.196. The molecule has 0 heterocycles. The Balaban J connectivity index is 3.70. The summed E-state index contributed by atoms with van der Waals surface area (Å²) in [5.74, 6) is -1.25. The number of aliphatic carboxylic acids is 1. The van der Waals surface area contributed by atoms with Crippen molar-refractivity contribution < 1.29 is 14.7 Å². The number of thiol groups is 1. The first-order chi connectivity index (χ1) is 14.6. The molecular formula is C25H37NO3S. The van der Waals surface area contributed by atoms with Gasteiger partial charge in [0, 0.05) is 12.2 Å². The molecule has 0 spiro atoms. The molecule has 0 fully saturated rings. The van der Waals surface area contributed by atoms with E-state index in [0.717, 1.165) is 38.5 Å². The molecule has 0 radical (unpaired) electrons. The molecule has 0 aliphatic heterocycles. The van der Waals surface area contributed by atoms with Gasteiger partial charge in [0.1, 0.15) is 6.04 Å². The Bertz CT molecular complexity index is 630. The molecule has 4 nitrogen and oxygen atoms in total. The van der Waals surface area contributed by atoms with Crippen molar-refractivity contribution in [1.29, 1.82) is 0 Å². The first-order valence-electron chi connectivity index (χ1n) is 10.6. The van der Waals surface area contributed by atoms with Crippen LogP contribution in [0.15, 0.2) is 72.9 Å². The van der Waals surface area contributed by atoms with E-state index in [-0.39, 0.29) is 18.1 Å². The zero-order valence-corrected chi connectivity index (χ0v) is 19.0. The number of carbonyl (C=O) groups is 2. The van der Waals surface area contributed by atoms with Gasteiger partial charge in [-0.2, -0.15) is 12.6 Å². The topological polar surface area (TPSA) is 66.4 Å². The summed E-state index contributed by atoms with van der Waals surface area (Å²) in [4.78, 5) is 22.4. The number of nitrogens with one attached hydrogen (secondary N) is 1. The summed E-state index contributed by atoms with van der Waals surface area (Å²) in [6.07, 6.45) is 32.3. The Labute approximate surface area is 187 Å². The van der Waals surface area contributed by atoms with E-state index < -0.39 is 12.0 Å². The Morgan fingerprint density at radius 3 is 1.53 bits per heavy atom. The summed E-state index contributed by atoms with van der Waals surface area (Å²) >= 11 is 3.91. The third-order valence-corrected chi connectivity index (χ3v) is 4.32. The number of allylic oxidation sites excluding steroid dienone is 12. The number of hydrogen-bond donors (Lipinski definition) is 3. The molecule has 30 heavy (non-hydrogen) atoms. The highest BCUT2D eigenvalue weighted by molar-refractivity contribution is 7.80. The second kappa shape index (κ2) is 21.4. The molecule has 2 N–H and O–H groups in total. The predicted octanol–water partition coefficient (Wildman–Crippen LogP) is 5.96. The molecule has 5 heteroatoms. The van der Waals surface area contributed by atoms with Crippen LogP contribution in [0.2, 0.25) is 0 Å². The van der Waals surface area contributed by atoms with Crippen LogP contribution in [0.5, 0.6) is 0 Å². The zero-order chi connectivity index (χ0) is 22.3. The lowest BCUT2D eigenvalue weighted by Gasteiger charge is -2.10. The van der Waals surface area contributed by atoms with E-state index in [4.69, 9.17) is 5.11 Å². The van der Waals surface area contributed by atoms with Crippen LogP contribution >= 0.6 is 12.6 Å². The normalized spacial score (nSPS) is 13.7. The Morgan fingerprint density at radius 1 is 0.767 bits per heavy atom. The molecule has 0 bridgehead atoms. The molecular weight excluding hydrogens is 394 g/mol. The van der Waals surface area contributed by atoms with Crippen molar-refractivity contribution in [1.82, 2.24) is 5.32 Å². The number of carboxylic acid groups (broad SMARTS) is 1. The maximum absolute atomic E-state index is 11.6. The van der Waals surface area contributed by atoms with E-state index in [1.54, 1.807) is 0 Å². The molecule has 1 atom stereocenters. The number of amides is 1. The fraction of sp³-hybridized carbons (Fsp3) is 0.440. The molecule has 1 unspecified atom stereocenters. The van der Waals surface area contributed by atoms with Crippen molar-refractivity contribution in [2.45, 2.75) is 64.3 Å². The molecule has 0 saturated heterocycles. The van der Waals surface area contributed by atoms with Gasteiger partial charge in [-0.05, 0) is 44.9 Å². The second-order valence-electron chi connectivity index (χ2n) is 6.59. The maximum Gasteiger partial charge on any atom is 0.327 e. The van der Waals surface area contributed by atoms with Crippen molar-refractivity contribution >= 4 is 24.5 Å². The average Bonchev–Trinajstić information content (AvgIpc) is 2.73. The standard InChI is InChI=1S/C25H37NO3S/c1-2-3-4-5-6-7-8-9-10-11-12-13-14-15-16-17-18-19-20-21-24(27)26-23(22-30)25(28)29/h3-4,6-7,9-10,12-13,15-16,18-19,23,30H,2,5,8,11,14,17,20-22H2,1H3,(H,26,27)(H,28,29)/b4-3-,7-6-,10-9-,13-12-,16-15-,19-18-. The largest absolute Gasteiger partial charge is 0.480 e. The van der Waals surface area contributed by atoms with Crippen LogP contribution in [-0.2, 0) is 9.59 Å². The summed E-state index contributed by atoms with van der Waals surface area (Å²) in [6, 6.07) is -0.925. The minimum Gasteiger partial charge on any atom is -0.480 e. The van der Waals surface area contributed by atoms with Gasteiger partial charge in [-0.25, -0.2) is 4.79 Å². The highest BCUT2D eigenvalue weighted by atomic mass is 32.1. The minimum atomic E-state index is -1.06. The lowest BCUT2D eigenvalue weighted by atomic mass is 10.2. The zero-order valence-electron chi connectivity index (χ0n) is 18.1. The van der Waals surface area contributed by atoms with Gasteiger partial charge in [0.2, 0.25) is 5.91 Å². The van der Waals surface area contributed by atoms with Crippen molar-refractivity contribution in [2.75, 3.05) is 5.75 Å². The van der Waals surface area contributed by atoms with Crippen LogP contribution in [0.25, 0.3) is 0 Å². The molecule has 0 aliphatic carbocycles. The Kier molecular flexibility index (Phi) is 19.8.